The third kappa shape index (κ3) is 2.76. The lowest BCUT2D eigenvalue weighted by atomic mass is 10.1. The molecule has 1 aliphatic rings. The lowest BCUT2D eigenvalue weighted by Crippen LogP contribution is -2.36. The molecule has 1 atom stereocenters. The minimum atomic E-state index is -0.599. The van der Waals surface area contributed by atoms with Crippen LogP contribution in [0.1, 0.15) is 16.8 Å². The van der Waals surface area contributed by atoms with Crippen LogP contribution in [0.4, 0.5) is 4.39 Å². The van der Waals surface area contributed by atoms with Crippen molar-refractivity contribution < 1.29 is 14.0 Å². The maximum Gasteiger partial charge on any atom is 0.254 e. The molecule has 2 amide bonds. The molecule has 6 heteroatoms. The van der Waals surface area contributed by atoms with Crippen LogP contribution in [0, 0.1) is 5.82 Å². The Balaban J connectivity index is 2.09. The van der Waals surface area contributed by atoms with E-state index in [1.807, 2.05) is 0 Å². The van der Waals surface area contributed by atoms with E-state index in [1.165, 1.54) is 18.2 Å². The zero-order valence-corrected chi connectivity index (χ0v) is 9.76. The molecular weight excluding hydrogens is 243 g/mol. The Bertz CT molecular complexity index is 479. The normalized spacial score (nSPS) is 18.9. The summed E-state index contributed by atoms with van der Waals surface area (Å²) >= 11 is 4.05. The van der Waals surface area contributed by atoms with Crippen molar-refractivity contribution in [2.24, 2.45) is 0 Å². The van der Waals surface area contributed by atoms with Gasteiger partial charge in [0.1, 0.15) is 5.82 Å². The molecule has 2 N–H and O–H groups in total. The molecule has 0 aliphatic carbocycles. The number of benzene rings is 1. The fraction of sp³-hybridized carbons (Fsp3) is 0.273. The number of amides is 2. The molecule has 1 heterocycles. The lowest BCUT2D eigenvalue weighted by Gasteiger charge is -2.11. The molecule has 1 aliphatic heterocycles. The summed E-state index contributed by atoms with van der Waals surface area (Å²) in [6.45, 7) is 0.382. The van der Waals surface area contributed by atoms with E-state index >= 15 is 0 Å². The SMILES string of the molecule is O=C1CC(NC(=O)c2cc(S)ccc2F)CN1. The van der Waals surface area contributed by atoms with Gasteiger partial charge in [0.05, 0.1) is 11.6 Å². The number of thiol groups is 1. The van der Waals surface area contributed by atoms with Gasteiger partial charge in [0.25, 0.3) is 5.91 Å². The second-order valence-electron chi connectivity index (χ2n) is 3.84. The third-order valence-corrected chi connectivity index (χ3v) is 2.79. The number of rotatable bonds is 2. The molecule has 90 valence electrons. The Hall–Kier alpha value is -1.56. The van der Waals surface area contributed by atoms with Crippen LogP contribution in [-0.2, 0) is 4.79 Å². The number of carbonyl (C=O) groups excluding carboxylic acids is 2. The molecule has 0 aromatic heterocycles. The Labute approximate surface area is 103 Å². The van der Waals surface area contributed by atoms with Crippen molar-refractivity contribution in [1.29, 1.82) is 0 Å². The molecule has 1 unspecified atom stereocenters. The van der Waals surface area contributed by atoms with Crippen molar-refractivity contribution in [3.63, 3.8) is 0 Å². The third-order valence-electron chi connectivity index (χ3n) is 2.51. The summed E-state index contributed by atoms with van der Waals surface area (Å²) in [6.07, 6.45) is 0.230. The molecule has 0 saturated carbocycles. The van der Waals surface area contributed by atoms with E-state index in [1.54, 1.807) is 0 Å². The highest BCUT2D eigenvalue weighted by molar-refractivity contribution is 7.80. The van der Waals surface area contributed by atoms with Crippen molar-refractivity contribution in [1.82, 2.24) is 10.6 Å². The van der Waals surface area contributed by atoms with Crippen LogP contribution in [0.5, 0.6) is 0 Å². The van der Waals surface area contributed by atoms with Gasteiger partial charge in [0.2, 0.25) is 5.91 Å². The van der Waals surface area contributed by atoms with E-state index in [0.29, 0.717) is 11.4 Å². The van der Waals surface area contributed by atoms with Gasteiger partial charge in [0.15, 0.2) is 0 Å². The van der Waals surface area contributed by atoms with Crippen LogP contribution in [0.3, 0.4) is 0 Å². The zero-order chi connectivity index (χ0) is 12.4. The summed E-state index contributed by atoms with van der Waals surface area (Å²) in [4.78, 5) is 23.2. The second-order valence-corrected chi connectivity index (χ2v) is 4.36. The topological polar surface area (TPSA) is 58.2 Å². The van der Waals surface area contributed by atoms with Gasteiger partial charge >= 0.3 is 0 Å². The summed E-state index contributed by atoms with van der Waals surface area (Å²) in [5.41, 5.74) is -0.0585. The van der Waals surface area contributed by atoms with E-state index < -0.39 is 11.7 Å². The standard InChI is InChI=1S/C11H11FN2O2S/c12-9-2-1-7(17)4-8(9)11(16)14-6-3-10(15)13-5-6/h1-2,4,6,17H,3,5H2,(H,13,15)(H,14,16). The van der Waals surface area contributed by atoms with Crippen molar-refractivity contribution in [3.05, 3.63) is 29.6 Å². The smallest absolute Gasteiger partial charge is 0.254 e. The average molecular weight is 254 g/mol. The van der Waals surface area contributed by atoms with Crippen molar-refractivity contribution >= 4 is 24.4 Å². The van der Waals surface area contributed by atoms with E-state index in [4.69, 9.17) is 0 Å². The predicted octanol–water partition coefficient (Wildman–Crippen LogP) is 0.733. The van der Waals surface area contributed by atoms with Gasteiger partial charge in [-0.15, -0.1) is 12.6 Å². The van der Waals surface area contributed by atoms with Gasteiger partial charge < -0.3 is 10.6 Å². The molecular formula is C11H11FN2O2S. The predicted molar refractivity (Wildman–Crippen MR) is 62.5 cm³/mol. The first-order valence-corrected chi connectivity index (χ1v) is 5.57. The number of hydrogen-bond acceptors (Lipinski definition) is 3. The number of carbonyl (C=O) groups is 2. The monoisotopic (exact) mass is 254 g/mol. The van der Waals surface area contributed by atoms with Crippen molar-refractivity contribution in [3.8, 4) is 0 Å². The van der Waals surface area contributed by atoms with Gasteiger partial charge in [-0.1, -0.05) is 0 Å². The summed E-state index contributed by atoms with van der Waals surface area (Å²) < 4.78 is 13.4. The highest BCUT2D eigenvalue weighted by Crippen LogP contribution is 2.14. The van der Waals surface area contributed by atoms with E-state index in [9.17, 15) is 14.0 Å². The first kappa shape index (κ1) is 11.9. The minimum Gasteiger partial charge on any atom is -0.354 e. The molecule has 0 bridgehead atoms. The second kappa shape index (κ2) is 4.75. The fourth-order valence-corrected chi connectivity index (χ4v) is 1.86. The summed E-state index contributed by atoms with van der Waals surface area (Å²) in [7, 11) is 0. The first-order chi connectivity index (χ1) is 8.06. The Morgan fingerprint density at radius 2 is 2.29 bits per heavy atom. The van der Waals surface area contributed by atoms with E-state index in [0.717, 1.165) is 0 Å². The van der Waals surface area contributed by atoms with E-state index in [2.05, 4.69) is 23.3 Å². The Morgan fingerprint density at radius 1 is 1.53 bits per heavy atom. The minimum absolute atomic E-state index is 0.0585. The van der Waals surface area contributed by atoms with Crippen LogP contribution in [-0.4, -0.2) is 24.4 Å². The number of nitrogens with one attached hydrogen (secondary N) is 2. The highest BCUT2D eigenvalue weighted by atomic mass is 32.1. The molecule has 1 aromatic carbocycles. The van der Waals surface area contributed by atoms with Crippen LogP contribution in [0.25, 0.3) is 0 Å². The summed E-state index contributed by atoms with van der Waals surface area (Å²) in [6, 6.07) is 3.74. The molecule has 1 saturated heterocycles. The van der Waals surface area contributed by atoms with Gasteiger partial charge in [-0.05, 0) is 18.2 Å². The average Bonchev–Trinajstić information content (AvgIpc) is 2.67. The first-order valence-electron chi connectivity index (χ1n) is 5.12. The molecule has 1 fully saturated rings. The largest absolute Gasteiger partial charge is 0.354 e. The molecule has 4 nitrogen and oxygen atoms in total. The van der Waals surface area contributed by atoms with Gasteiger partial charge in [0, 0.05) is 17.9 Å². The van der Waals surface area contributed by atoms with Gasteiger partial charge in [-0.3, -0.25) is 9.59 Å². The molecule has 0 radical (unpaired) electrons. The highest BCUT2D eigenvalue weighted by Gasteiger charge is 2.24. The molecule has 0 spiro atoms. The van der Waals surface area contributed by atoms with Gasteiger partial charge in [-0.2, -0.15) is 0 Å². The van der Waals surface area contributed by atoms with Gasteiger partial charge in [-0.25, -0.2) is 4.39 Å². The molecule has 1 aromatic rings. The molecule has 2 rings (SSSR count). The number of halogens is 1. The lowest BCUT2D eigenvalue weighted by molar-refractivity contribution is -0.119. The quantitative estimate of drug-likeness (QED) is 0.682. The summed E-state index contributed by atoms with van der Waals surface area (Å²) in [5.74, 6) is -1.24. The Morgan fingerprint density at radius 3 is 2.94 bits per heavy atom. The maximum absolute atomic E-state index is 13.4. The van der Waals surface area contributed by atoms with Crippen molar-refractivity contribution in [2.45, 2.75) is 17.4 Å². The molecule has 17 heavy (non-hydrogen) atoms. The summed E-state index contributed by atoms with van der Waals surface area (Å²) in [5, 5.41) is 5.19. The van der Waals surface area contributed by atoms with E-state index in [-0.39, 0.29) is 23.9 Å². The van der Waals surface area contributed by atoms with Crippen LogP contribution in [0.2, 0.25) is 0 Å². The number of hydrogen-bond donors (Lipinski definition) is 3. The fourth-order valence-electron chi connectivity index (χ4n) is 1.66. The van der Waals surface area contributed by atoms with Crippen molar-refractivity contribution in [2.75, 3.05) is 6.54 Å². The van der Waals surface area contributed by atoms with Crippen LogP contribution < -0.4 is 10.6 Å². The van der Waals surface area contributed by atoms with Crippen LogP contribution in [0.15, 0.2) is 23.1 Å². The van der Waals surface area contributed by atoms with Crippen LogP contribution >= 0.6 is 12.6 Å². The Kier molecular flexibility index (Phi) is 3.33. The maximum atomic E-state index is 13.4. The zero-order valence-electron chi connectivity index (χ0n) is 8.87.